The van der Waals surface area contributed by atoms with Crippen LogP contribution in [0.25, 0.3) is 0 Å². The summed E-state index contributed by atoms with van der Waals surface area (Å²) in [5.74, 6) is 0.487. The quantitative estimate of drug-likeness (QED) is 0.939. The van der Waals surface area contributed by atoms with Crippen LogP contribution in [0.5, 0.6) is 5.75 Å². The van der Waals surface area contributed by atoms with Crippen molar-refractivity contribution in [1.82, 2.24) is 0 Å². The van der Waals surface area contributed by atoms with Crippen LogP contribution in [0.4, 0.5) is 11.4 Å². The van der Waals surface area contributed by atoms with Crippen LogP contribution < -0.4 is 15.0 Å². The van der Waals surface area contributed by atoms with Crippen molar-refractivity contribution in [3.8, 4) is 5.75 Å². The minimum absolute atomic E-state index is 0.0273. The summed E-state index contributed by atoms with van der Waals surface area (Å²) in [4.78, 5) is 25.6. The normalized spacial score (nSPS) is 13.2. The number of hydrogen-bond donors (Lipinski definition) is 1. The summed E-state index contributed by atoms with van der Waals surface area (Å²) in [6, 6.07) is 13.4. The Kier molecular flexibility index (Phi) is 4.51. The van der Waals surface area contributed by atoms with E-state index in [0.29, 0.717) is 30.1 Å². The van der Waals surface area contributed by atoms with Gasteiger partial charge >= 0.3 is 0 Å². The van der Waals surface area contributed by atoms with Crippen LogP contribution in [0.3, 0.4) is 0 Å². The minimum Gasteiger partial charge on any atom is -0.482 e. The Morgan fingerprint density at radius 3 is 2.67 bits per heavy atom. The van der Waals surface area contributed by atoms with Gasteiger partial charge in [0.15, 0.2) is 6.61 Å². The number of aryl methyl sites for hydroxylation is 1. The van der Waals surface area contributed by atoms with E-state index in [1.165, 1.54) is 5.56 Å². The molecule has 24 heavy (non-hydrogen) atoms. The maximum atomic E-state index is 12.3. The van der Waals surface area contributed by atoms with Crippen molar-refractivity contribution in [3.05, 3.63) is 53.6 Å². The first-order valence-electron chi connectivity index (χ1n) is 7.99. The average molecular weight is 324 g/mol. The lowest BCUT2D eigenvalue weighted by molar-refractivity contribution is -0.121. The largest absolute Gasteiger partial charge is 0.482 e. The maximum Gasteiger partial charge on any atom is 0.265 e. The molecule has 2 amide bonds. The zero-order valence-corrected chi connectivity index (χ0v) is 13.8. The second kappa shape index (κ2) is 6.74. The highest BCUT2D eigenvalue weighted by atomic mass is 16.5. The molecule has 0 saturated carbocycles. The highest BCUT2D eigenvalue weighted by Crippen LogP contribution is 2.35. The molecule has 2 aromatic carbocycles. The number of hydrogen-bond acceptors (Lipinski definition) is 3. The van der Waals surface area contributed by atoms with Gasteiger partial charge in [-0.25, -0.2) is 0 Å². The van der Waals surface area contributed by atoms with Gasteiger partial charge in [-0.1, -0.05) is 36.8 Å². The molecule has 5 heteroatoms. The lowest BCUT2D eigenvalue weighted by Gasteiger charge is -2.30. The van der Waals surface area contributed by atoms with Gasteiger partial charge in [-0.15, -0.1) is 0 Å². The summed E-state index contributed by atoms with van der Waals surface area (Å²) in [6.07, 6.45) is 0.402. The van der Waals surface area contributed by atoms with Gasteiger partial charge in [-0.2, -0.15) is 0 Å². The molecule has 0 radical (unpaired) electrons. The molecule has 0 aromatic heterocycles. The van der Waals surface area contributed by atoms with E-state index in [-0.39, 0.29) is 18.4 Å². The van der Waals surface area contributed by atoms with E-state index in [2.05, 4.69) is 5.32 Å². The van der Waals surface area contributed by atoms with Crippen molar-refractivity contribution >= 4 is 23.2 Å². The Balaban J connectivity index is 1.90. The van der Waals surface area contributed by atoms with Crippen molar-refractivity contribution in [2.45, 2.75) is 26.8 Å². The maximum absolute atomic E-state index is 12.3. The molecule has 0 atom stereocenters. The summed E-state index contributed by atoms with van der Waals surface area (Å²) in [5, 5.41) is 2.82. The number of nitrogens with zero attached hydrogens (tertiary/aromatic N) is 1. The van der Waals surface area contributed by atoms with Gasteiger partial charge in [-0.3, -0.25) is 9.59 Å². The standard InChI is InChI=1S/C19H20N2O3/c1-3-18(22)20-15-8-9-17-16(10-15)21(19(23)12-24-17)11-14-6-4-13(2)5-7-14/h4-10H,3,11-12H2,1-2H3,(H,20,22). The predicted molar refractivity (Wildman–Crippen MR) is 93.2 cm³/mol. The molecule has 1 N–H and O–H groups in total. The number of anilines is 2. The SMILES string of the molecule is CCC(=O)Nc1ccc2c(c1)N(Cc1ccc(C)cc1)C(=O)CO2. The van der Waals surface area contributed by atoms with Crippen LogP contribution in [-0.4, -0.2) is 18.4 Å². The molecular weight excluding hydrogens is 304 g/mol. The lowest BCUT2D eigenvalue weighted by atomic mass is 10.1. The summed E-state index contributed by atoms with van der Waals surface area (Å²) >= 11 is 0. The smallest absolute Gasteiger partial charge is 0.265 e. The van der Waals surface area contributed by atoms with Crippen molar-refractivity contribution in [3.63, 3.8) is 0 Å². The Bertz CT molecular complexity index is 769. The highest BCUT2D eigenvalue weighted by Gasteiger charge is 2.26. The fourth-order valence-corrected chi connectivity index (χ4v) is 2.58. The number of amides is 2. The number of benzene rings is 2. The number of nitrogens with one attached hydrogen (secondary N) is 1. The van der Waals surface area contributed by atoms with Gasteiger partial charge in [0.2, 0.25) is 5.91 Å². The summed E-state index contributed by atoms with van der Waals surface area (Å²) in [7, 11) is 0. The zero-order valence-electron chi connectivity index (χ0n) is 13.8. The number of rotatable bonds is 4. The van der Waals surface area contributed by atoms with E-state index in [1.54, 1.807) is 30.0 Å². The molecule has 1 aliphatic rings. The van der Waals surface area contributed by atoms with Crippen LogP contribution >= 0.6 is 0 Å². The molecule has 1 heterocycles. The van der Waals surface area contributed by atoms with E-state index in [0.717, 1.165) is 5.56 Å². The fraction of sp³-hybridized carbons (Fsp3) is 0.263. The Morgan fingerprint density at radius 1 is 1.21 bits per heavy atom. The van der Waals surface area contributed by atoms with E-state index in [1.807, 2.05) is 31.2 Å². The lowest BCUT2D eigenvalue weighted by Crippen LogP contribution is -2.38. The molecule has 0 fully saturated rings. The molecule has 5 nitrogen and oxygen atoms in total. The molecule has 0 saturated heterocycles. The molecular formula is C19H20N2O3. The van der Waals surface area contributed by atoms with Crippen LogP contribution in [-0.2, 0) is 16.1 Å². The molecule has 3 rings (SSSR count). The van der Waals surface area contributed by atoms with Gasteiger partial charge in [0.25, 0.3) is 5.91 Å². The predicted octanol–water partition coefficient (Wildman–Crippen LogP) is 3.27. The van der Waals surface area contributed by atoms with Gasteiger partial charge < -0.3 is 15.0 Å². The zero-order chi connectivity index (χ0) is 17.1. The summed E-state index contributed by atoms with van der Waals surface area (Å²) < 4.78 is 5.51. The molecule has 0 spiro atoms. The molecule has 1 aliphatic heterocycles. The van der Waals surface area contributed by atoms with Crippen molar-refractivity contribution in [2.24, 2.45) is 0 Å². The molecule has 0 bridgehead atoms. The molecule has 0 unspecified atom stereocenters. The number of carbonyl (C=O) groups excluding carboxylic acids is 2. The Morgan fingerprint density at radius 2 is 1.96 bits per heavy atom. The van der Waals surface area contributed by atoms with Crippen LogP contribution in [0.15, 0.2) is 42.5 Å². The minimum atomic E-state index is -0.0953. The first-order valence-corrected chi connectivity index (χ1v) is 7.99. The summed E-state index contributed by atoms with van der Waals surface area (Å²) in [6.45, 7) is 4.33. The Labute approximate surface area is 141 Å². The third kappa shape index (κ3) is 3.40. The molecule has 0 aliphatic carbocycles. The average Bonchev–Trinajstić information content (AvgIpc) is 2.59. The summed E-state index contributed by atoms with van der Waals surface area (Å²) in [5.41, 5.74) is 3.57. The topological polar surface area (TPSA) is 58.6 Å². The van der Waals surface area contributed by atoms with Crippen molar-refractivity contribution in [1.29, 1.82) is 0 Å². The van der Waals surface area contributed by atoms with Crippen LogP contribution in [0, 0.1) is 6.92 Å². The fourth-order valence-electron chi connectivity index (χ4n) is 2.58. The first kappa shape index (κ1) is 16.1. The third-order valence-corrected chi connectivity index (χ3v) is 3.97. The van der Waals surface area contributed by atoms with Gasteiger partial charge in [0, 0.05) is 12.1 Å². The van der Waals surface area contributed by atoms with E-state index in [9.17, 15) is 9.59 Å². The van der Waals surface area contributed by atoms with Crippen molar-refractivity contribution < 1.29 is 14.3 Å². The van der Waals surface area contributed by atoms with Gasteiger partial charge in [-0.05, 0) is 30.7 Å². The second-order valence-electron chi connectivity index (χ2n) is 5.84. The monoisotopic (exact) mass is 324 g/mol. The number of ether oxygens (including phenoxy) is 1. The van der Waals surface area contributed by atoms with Crippen LogP contribution in [0.2, 0.25) is 0 Å². The van der Waals surface area contributed by atoms with E-state index >= 15 is 0 Å². The number of carbonyl (C=O) groups is 2. The first-order chi connectivity index (χ1) is 11.6. The Hall–Kier alpha value is -2.82. The van der Waals surface area contributed by atoms with E-state index in [4.69, 9.17) is 4.74 Å². The second-order valence-corrected chi connectivity index (χ2v) is 5.84. The molecule has 124 valence electrons. The van der Waals surface area contributed by atoms with Crippen LogP contribution in [0.1, 0.15) is 24.5 Å². The number of fused-ring (bicyclic) bond motifs is 1. The van der Waals surface area contributed by atoms with Gasteiger partial charge in [0.05, 0.1) is 12.2 Å². The van der Waals surface area contributed by atoms with Crippen molar-refractivity contribution in [2.75, 3.05) is 16.8 Å². The van der Waals surface area contributed by atoms with Gasteiger partial charge in [0.1, 0.15) is 5.75 Å². The van der Waals surface area contributed by atoms with E-state index < -0.39 is 0 Å². The highest BCUT2D eigenvalue weighted by molar-refractivity contribution is 5.99. The molecule has 2 aromatic rings. The third-order valence-electron chi connectivity index (χ3n) is 3.97.